The van der Waals surface area contributed by atoms with Crippen molar-refractivity contribution < 1.29 is 73.8 Å². The second-order valence-electron chi connectivity index (χ2n) is 18.3. The molecular weight excluding hydrogens is 949 g/mol. The first-order valence-corrected chi connectivity index (χ1v) is 27.1. The second-order valence-corrected chi connectivity index (χ2v) is 18.3. The Morgan fingerprint density at radius 3 is 1.24 bits per heavy atom. The van der Waals surface area contributed by atoms with Gasteiger partial charge in [-0.15, -0.1) is 0 Å². The molecule has 11 unspecified atom stereocenters. The van der Waals surface area contributed by atoms with E-state index in [0.29, 0.717) is 12.8 Å². The Kier molecular flexibility index (Phi) is 39.3. The molecule has 11 atom stereocenters. The van der Waals surface area contributed by atoms with Gasteiger partial charge in [0.25, 0.3) is 0 Å². The van der Waals surface area contributed by atoms with E-state index in [0.717, 1.165) is 103 Å². The Balaban J connectivity index is 1.83. The van der Waals surface area contributed by atoms with Crippen LogP contribution < -0.4 is 0 Å². The highest BCUT2D eigenvalue weighted by atomic mass is 16.7. The summed E-state index contributed by atoms with van der Waals surface area (Å²) in [7, 11) is 0. The van der Waals surface area contributed by atoms with Crippen molar-refractivity contribution in [3.8, 4) is 0 Å². The molecule has 15 nitrogen and oxygen atoms in total. The third kappa shape index (κ3) is 31.1. The van der Waals surface area contributed by atoms with Gasteiger partial charge in [0, 0.05) is 12.8 Å². The predicted octanol–water partition coefficient (Wildman–Crippen LogP) is 8.49. The van der Waals surface area contributed by atoms with E-state index >= 15 is 0 Å². The summed E-state index contributed by atoms with van der Waals surface area (Å²) in [6.45, 7) is 2.27. The van der Waals surface area contributed by atoms with Crippen molar-refractivity contribution in [1.29, 1.82) is 0 Å². The van der Waals surface area contributed by atoms with Crippen LogP contribution >= 0.6 is 0 Å². The van der Waals surface area contributed by atoms with Crippen LogP contribution in [-0.2, 0) is 38.0 Å². The Labute approximate surface area is 442 Å². The molecule has 7 N–H and O–H groups in total. The number of unbranched alkanes of at least 4 members (excludes halogenated alkanes) is 6. The van der Waals surface area contributed by atoms with Crippen LogP contribution in [0.1, 0.15) is 142 Å². The maximum absolute atomic E-state index is 13.0. The standard InChI is InChI=1S/C59H92O15/c1-3-5-7-9-11-13-15-17-19-21-23-25-27-29-31-33-35-37-39-41-50(61)69-44-47(72-51(62)42-40-38-36-34-32-30-28-26-24-22-20-18-16-14-12-10-8-6-4-2)45-70-58-57(68)55(66)53(64)49(74-58)46-71-59-56(67)54(65)52(63)48(43-60)73-59/h5-8,11-14,17-20,23-26,29-32,47-49,52-60,63-68H,3-4,9-10,15-16,21-22,27-28,33-46H2,1-2H3/b7-5-,8-6-,13-11-,14-12-,19-17-,20-18-,25-23-,26-24-,31-29-,32-30-. The van der Waals surface area contributed by atoms with Crippen molar-refractivity contribution in [3.05, 3.63) is 122 Å². The molecule has 2 rings (SSSR count). The van der Waals surface area contributed by atoms with Crippen LogP contribution in [0.5, 0.6) is 0 Å². The fraction of sp³-hybridized carbons (Fsp3) is 0.627. The lowest BCUT2D eigenvalue weighted by Crippen LogP contribution is -2.61. The molecule has 0 amide bonds. The van der Waals surface area contributed by atoms with Crippen molar-refractivity contribution in [2.75, 3.05) is 26.4 Å². The highest BCUT2D eigenvalue weighted by Crippen LogP contribution is 2.26. The minimum Gasteiger partial charge on any atom is -0.462 e. The van der Waals surface area contributed by atoms with E-state index in [9.17, 15) is 45.3 Å². The second kappa shape index (κ2) is 44.1. The molecule has 15 heteroatoms. The predicted molar refractivity (Wildman–Crippen MR) is 288 cm³/mol. The third-order valence-corrected chi connectivity index (χ3v) is 11.9. The van der Waals surface area contributed by atoms with Crippen molar-refractivity contribution >= 4 is 11.9 Å². The van der Waals surface area contributed by atoms with Gasteiger partial charge in [-0.1, -0.05) is 148 Å². The van der Waals surface area contributed by atoms with E-state index in [2.05, 4.69) is 135 Å². The molecule has 0 spiro atoms. The number of aliphatic hydroxyl groups excluding tert-OH is 7. The van der Waals surface area contributed by atoms with E-state index in [4.69, 9.17) is 28.4 Å². The number of esters is 2. The number of carbonyl (C=O) groups is 2. The molecule has 0 aliphatic carbocycles. The summed E-state index contributed by atoms with van der Waals surface area (Å²) in [5.74, 6) is -1.01. The summed E-state index contributed by atoms with van der Waals surface area (Å²) in [6, 6.07) is 0. The maximum Gasteiger partial charge on any atom is 0.306 e. The average Bonchev–Trinajstić information content (AvgIpc) is 3.39. The van der Waals surface area contributed by atoms with Gasteiger partial charge in [0.15, 0.2) is 18.7 Å². The maximum atomic E-state index is 13.0. The Bertz CT molecular complexity index is 1750. The molecule has 2 aliphatic rings. The molecule has 0 bridgehead atoms. The zero-order valence-electron chi connectivity index (χ0n) is 44.3. The number of hydrogen-bond donors (Lipinski definition) is 7. The molecule has 74 heavy (non-hydrogen) atoms. The normalized spacial score (nSPS) is 25.6. The van der Waals surface area contributed by atoms with Crippen LogP contribution in [0.25, 0.3) is 0 Å². The number of aliphatic hydroxyl groups is 7. The van der Waals surface area contributed by atoms with Crippen LogP contribution in [0.2, 0.25) is 0 Å². The zero-order valence-corrected chi connectivity index (χ0v) is 44.3. The minimum absolute atomic E-state index is 0.110. The summed E-state index contributed by atoms with van der Waals surface area (Å²) < 4.78 is 33.6. The monoisotopic (exact) mass is 1040 g/mol. The van der Waals surface area contributed by atoms with Crippen LogP contribution in [0, 0.1) is 0 Å². The van der Waals surface area contributed by atoms with Crippen LogP contribution in [0.4, 0.5) is 0 Å². The van der Waals surface area contributed by atoms with Crippen LogP contribution in [0.15, 0.2) is 122 Å². The first-order chi connectivity index (χ1) is 36.0. The Morgan fingerprint density at radius 1 is 0.432 bits per heavy atom. The highest BCUT2D eigenvalue weighted by molar-refractivity contribution is 5.70. The SMILES string of the molecule is CC/C=C\C/C=C\C/C=C\C/C=C\C/C=C\CCCCCC(=O)OCC(COC1OC(COC2OC(CO)C(O)C(O)C2O)C(O)C(O)C1O)OC(=O)CCCCC/C=C\C/C=C\C/C=C\C/C=C\C/C=C\CC. The molecule has 0 aromatic carbocycles. The average molecular weight is 1040 g/mol. The van der Waals surface area contributed by atoms with E-state index < -0.39 is 99.3 Å². The van der Waals surface area contributed by atoms with Gasteiger partial charge in [-0.3, -0.25) is 9.59 Å². The van der Waals surface area contributed by atoms with Gasteiger partial charge in [-0.25, -0.2) is 0 Å². The summed E-state index contributed by atoms with van der Waals surface area (Å²) in [4.78, 5) is 25.8. The van der Waals surface area contributed by atoms with E-state index in [1.54, 1.807) is 0 Å². The number of allylic oxidation sites excluding steroid dienone is 20. The van der Waals surface area contributed by atoms with Crippen molar-refractivity contribution in [2.24, 2.45) is 0 Å². The lowest BCUT2D eigenvalue weighted by atomic mass is 9.98. The van der Waals surface area contributed by atoms with Gasteiger partial charge in [-0.05, 0) is 103 Å². The summed E-state index contributed by atoms with van der Waals surface area (Å²) in [5, 5.41) is 72.2. The van der Waals surface area contributed by atoms with Crippen molar-refractivity contribution in [2.45, 2.75) is 210 Å². The third-order valence-electron chi connectivity index (χ3n) is 11.9. The van der Waals surface area contributed by atoms with Gasteiger partial charge < -0.3 is 64.2 Å². The first kappa shape index (κ1) is 66.0. The van der Waals surface area contributed by atoms with E-state index in [1.807, 2.05) is 0 Å². The van der Waals surface area contributed by atoms with Gasteiger partial charge in [-0.2, -0.15) is 0 Å². The van der Waals surface area contributed by atoms with Crippen molar-refractivity contribution in [1.82, 2.24) is 0 Å². The Hall–Kier alpha value is -4.10. The molecule has 2 fully saturated rings. The molecule has 0 saturated carbocycles. The van der Waals surface area contributed by atoms with Gasteiger partial charge >= 0.3 is 11.9 Å². The molecular formula is C59H92O15. The van der Waals surface area contributed by atoms with Crippen LogP contribution in [-0.4, -0.2) is 142 Å². The topological polar surface area (TPSA) is 231 Å². The molecule has 0 aromatic rings. The number of rotatable bonds is 40. The summed E-state index contributed by atoms with van der Waals surface area (Å²) in [5.41, 5.74) is 0. The molecule has 2 saturated heterocycles. The summed E-state index contributed by atoms with van der Waals surface area (Å²) in [6.07, 6.45) is 42.2. The molecule has 2 aliphatic heterocycles. The van der Waals surface area contributed by atoms with Gasteiger partial charge in [0.2, 0.25) is 0 Å². The van der Waals surface area contributed by atoms with E-state index in [1.165, 1.54) is 0 Å². The van der Waals surface area contributed by atoms with E-state index in [-0.39, 0.29) is 19.4 Å². The zero-order chi connectivity index (χ0) is 53.9. The number of hydrogen-bond acceptors (Lipinski definition) is 15. The minimum atomic E-state index is -1.79. The fourth-order valence-electron chi connectivity index (χ4n) is 7.56. The lowest BCUT2D eigenvalue weighted by molar-refractivity contribution is -0.332. The van der Waals surface area contributed by atoms with Crippen LogP contribution in [0.3, 0.4) is 0 Å². The first-order valence-electron chi connectivity index (χ1n) is 27.1. The fourth-order valence-corrected chi connectivity index (χ4v) is 7.56. The number of carbonyl (C=O) groups excluding carboxylic acids is 2. The van der Waals surface area contributed by atoms with Gasteiger partial charge in [0.1, 0.15) is 55.4 Å². The molecule has 0 aromatic heterocycles. The molecule has 418 valence electrons. The highest BCUT2D eigenvalue weighted by Gasteiger charge is 2.47. The quantitative estimate of drug-likeness (QED) is 0.0173. The largest absolute Gasteiger partial charge is 0.462 e. The number of ether oxygens (including phenoxy) is 6. The Morgan fingerprint density at radius 2 is 0.811 bits per heavy atom. The lowest BCUT2D eigenvalue weighted by Gasteiger charge is -2.42. The van der Waals surface area contributed by atoms with Gasteiger partial charge in [0.05, 0.1) is 19.8 Å². The van der Waals surface area contributed by atoms with Crippen molar-refractivity contribution in [3.63, 3.8) is 0 Å². The molecule has 0 radical (unpaired) electrons. The molecule has 2 heterocycles. The summed E-state index contributed by atoms with van der Waals surface area (Å²) >= 11 is 0. The smallest absolute Gasteiger partial charge is 0.306 e.